The van der Waals surface area contributed by atoms with Crippen LogP contribution in [0.15, 0.2) is 36.4 Å². The van der Waals surface area contributed by atoms with E-state index in [0.717, 1.165) is 31.7 Å². The Morgan fingerprint density at radius 3 is 2.31 bits per heavy atom. The quantitative estimate of drug-likeness (QED) is 0.797. The number of carbonyl (C=O) groups excluding carboxylic acids is 1. The SMILES string of the molecule is O=C(Nc1ccc(CN2CCCCC2)cc1)[C@@H]1[C@H](C(=O)O)[C@@H]2C=C[C@H]1C2. The van der Waals surface area contributed by atoms with Crippen molar-refractivity contribution < 1.29 is 14.7 Å². The smallest absolute Gasteiger partial charge is 0.307 e. The number of carboxylic acids is 1. The Morgan fingerprint density at radius 1 is 1.00 bits per heavy atom. The van der Waals surface area contributed by atoms with Gasteiger partial charge in [0.2, 0.25) is 5.91 Å². The molecule has 1 aromatic carbocycles. The van der Waals surface area contributed by atoms with Crippen LogP contribution in [0.3, 0.4) is 0 Å². The highest BCUT2D eigenvalue weighted by Crippen LogP contribution is 2.48. The largest absolute Gasteiger partial charge is 0.481 e. The molecule has 1 amide bonds. The summed E-state index contributed by atoms with van der Waals surface area (Å²) in [6.45, 7) is 3.27. The van der Waals surface area contributed by atoms with Crippen molar-refractivity contribution in [2.24, 2.45) is 23.7 Å². The Bertz CT molecular complexity index is 706. The van der Waals surface area contributed by atoms with E-state index in [1.807, 2.05) is 24.3 Å². The van der Waals surface area contributed by atoms with E-state index < -0.39 is 17.8 Å². The lowest BCUT2D eigenvalue weighted by atomic mass is 9.82. The molecule has 2 N–H and O–H groups in total. The third kappa shape index (κ3) is 3.40. The van der Waals surface area contributed by atoms with Crippen molar-refractivity contribution in [1.82, 2.24) is 4.90 Å². The molecule has 1 saturated carbocycles. The average Bonchev–Trinajstić information content (AvgIpc) is 3.25. The zero-order valence-electron chi connectivity index (χ0n) is 14.9. The summed E-state index contributed by atoms with van der Waals surface area (Å²) < 4.78 is 0. The molecule has 1 aliphatic heterocycles. The highest BCUT2D eigenvalue weighted by atomic mass is 16.4. The summed E-state index contributed by atoms with van der Waals surface area (Å²) in [5.41, 5.74) is 1.99. The molecule has 5 nitrogen and oxygen atoms in total. The van der Waals surface area contributed by atoms with Gasteiger partial charge >= 0.3 is 5.97 Å². The molecule has 0 aromatic heterocycles. The van der Waals surface area contributed by atoms with E-state index >= 15 is 0 Å². The average molecular weight is 354 g/mol. The Labute approximate surface area is 154 Å². The number of fused-ring (bicyclic) bond motifs is 2. The monoisotopic (exact) mass is 354 g/mol. The molecule has 2 aliphatic carbocycles. The van der Waals surface area contributed by atoms with Crippen LogP contribution < -0.4 is 5.32 Å². The second kappa shape index (κ2) is 7.23. The highest BCUT2D eigenvalue weighted by Gasteiger charge is 2.51. The molecular weight excluding hydrogens is 328 g/mol. The van der Waals surface area contributed by atoms with Gasteiger partial charge in [-0.15, -0.1) is 0 Å². The van der Waals surface area contributed by atoms with Gasteiger partial charge < -0.3 is 10.4 Å². The summed E-state index contributed by atoms with van der Waals surface area (Å²) >= 11 is 0. The predicted molar refractivity (Wildman–Crippen MR) is 99.6 cm³/mol. The van der Waals surface area contributed by atoms with Crippen LogP contribution in [0.25, 0.3) is 0 Å². The van der Waals surface area contributed by atoms with Crippen molar-refractivity contribution in [2.45, 2.75) is 32.2 Å². The maximum atomic E-state index is 12.7. The van der Waals surface area contributed by atoms with Crippen LogP contribution in [0.5, 0.6) is 0 Å². The minimum Gasteiger partial charge on any atom is -0.481 e. The molecule has 3 aliphatic rings. The standard InChI is InChI=1S/C21H26N2O3/c24-20(18-15-6-7-16(12-15)19(18)21(25)26)22-17-8-4-14(5-9-17)13-23-10-2-1-3-11-23/h4-9,15-16,18-19H,1-3,10-13H2,(H,22,24)(H,25,26)/t15-,16+,18-,19+/m0/s1. The maximum absolute atomic E-state index is 12.7. The Kier molecular flexibility index (Phi) is 4.81. The molecule has 4 atom stereocenters. The molecule has 4 rings (SSSR count). The Balaban J connectivity index is 1.38. The van der Waals surface area contributed by atoms with Crippen molar-refractivity contribution in [3.8, 4) is 0 Å². The van der Waals surface area contributed by atoms with Gasteiger partial charge in [-0.3, -0.25) is 14.5 Å². The number of carbonyl (C=O) groups is 2. The van der Waals surface area contributed by atoms with Crippen LogP contribution in [-0.4, -0.2) is 35.0 Å². The zero-order valence-corrected chi connectivity index (χ0v) is 14.9. The first-order valence-corrected chi connectivity index (χ1v) is 9.65. The number of rotatable bonds is 5. The van der Waals surface area contributed by atoms with Gasteiger partial charge in [-0.2, -0.15) is 0 Å². The van der Waals surface area contributed by atoms with Gasteiger partial charge in [-0.25, -0.2) is 0 Å². The minimum atomic E-state index is -0.862. The number of aliphatic carboxylic acids is 1. The van der Waals surface area contributed by atoms with Crippen molar-refractivity contribution in [3.63, 3.8) is 0 Å². The normalized spacial score (nSPS) is 30.5. The summed E-state index contributed by atoms with van der Waals surface area (Å²) in [6.07, 6.45) is 8.63. The summed E-state index contributed by atoms with van der Waals surface area (Å²) in [5, 5.41) is 12.4. The van der Waals surface area contributed by atoms with E-state index in [-0.39, 0.29) is 17.7 Å². The third-order valence-electron chi connectivity index (χ3n) is 6.12. The number of allylic oxidation sites excluding steroid dienone is 2. The molecule has 0 radical (unpaired) electrons. The fourth-order valence-electron chi connectivity index (χ4n) is 4.81. The first-order chi connectivity index (χ1) is 12.6. The number of hydrogen-bond donors (Lipinski definition) is 2. The predicted octanol–water partition coefficient (Wildman–Crippen LogP) is 3.13. The third-order valence-corrected chi connectivity index (χ3v) is 6.12. The number of likely N-dealkylation sites (tertiary alicyclic amines) is 1. The van der Waals surface area contributed by atoms with Crippen molar-refractivity contribution in [3.05, 3.63) is 42.0 Å². The van der Waals surface area contributed by atoms with Gasteiger partial charge in [0.05, 0.1) is 11.8 Å². The lowest BCUT2D eigenvalue weighted by Gasteiger charge is -2.26. The van der Waals surface area contributed by atoms with Crippen LogP contribution in [0, 0.1) is 23.7 Å². The molecule has 138 valence electrons. The molecule has 0 unspecified atom stereocenters. The zero-order chi connectivity index (χ0) is 18.1. The summed E-state index contributed by atoms with van der Waals surface area (Å²) in [7, 11) is 0. The lowest BCUT2D eigenvalue weighted by Crippen LogP contribution is -2.36. The highest BCUT2D eigenvalue weighted by molar-refractivity contribution is 5.96. The number of anilines is 1. The van der Waals surface area contributed by atoms with Gasteiger partial charge in [-0.05, 0) is 61.9 Å². The number of nitrogens with zero attached hydrogens (tertiary/aromatic N) is 1. The van der Waals surface area contributed by atoms with Crippen LogP contribution in [0.4, 0.5) is 5.69 Å². The number of piperidine rings is 1. The van der Waals surface area contributed by atoms with Crippen molar-refractivity contribution in [1.29, 1.82) is 0 Å². The molecule has 5 heteroatoms. The van der Waals surface area contributed by atoms with E-state index in [9.17, 15) is 14.7 Å². The molecule has 0 spiro atoms. The lowest BCUT2D eigenvalue weighted by molar-refractivity contribution is -0.146. The summed E-state index contributed by atoms with van der Waals surface area (Å²) in [5.74, 6) is -2.03. The second-order valence-corrected chi connectivity index (χ2v) is 7.86. The first-order valence-electron chi connectivity index (χ1n) is 9.65. The van der Waals surface area contributed by atoms with Crippen molar-refractivity contribution in [2.75, 3.05) is 18.4 Å². The van der Waals surface area contributed by atoms with Crippen LogP contribution >= 0.6 is 0 Å². The minimum absolute atomic E-state index is 0.000156. The Hall–Kier alpha value is -2.14. The first kappa shape index (κ1) is 17.3. The van der Waals surface area contributed by atoms with Gasteiger partial charge in [0.15, 0.2) is 0 Å². The van der Waals surface area contributed by atoms with E-state index in [1.54, 1.807) is 0 Å². The fraction of sp³-hybridized carbons (Fsp3) is 0.524. The number of hydrogen-bond acceptors (Lipinski definition) is 3. The van der Waals surface area contributed by atoms with Crippen LogP contribution in [0.1, 0.15) is 31.2 Å². The molecule has 26 heavy (non-hydrogen) atoms. The van der Waals surface area contributed by atoms with Gasteiger partial charge in [-0.1, -0.05) is 30.7 Å². The summed E-state index contributed by atoms with van der Waals surface area (Å²) in [4.78, 5) is 26.7. The van der Waals surface area contributed by atoms with E-state index in [4.69, 9.17) is 0 Å². The molecule has 1 aromatic rings. The van der Waals surface area contributed by atoms with E-state index in [0.29, 0.717) is 0 Å². The van der Waals surface area contributed by atoms with E-state index in [2.05, 4.69) is 22.3 Å². The molecule has 1 heterocycles. The molecule has 2 fully saturated rings. The second-order valence-electron chi connectivity index (χ2n) is 7.86. The maximum Gasteiger partial charge on any atom is 0.307 e. The number of nitrogens with one attached hydrogen (secondary N) is 1. The fourth-order valence-corrected chi connectivity index (χ4v) is 4.81. The van der Waals surface area contributed by atoms with Gasteiger partial charge in [0, 0.05) is 12.2 Å². The van der Waals surface area contributed by atoms with Crippen molar-refractivity contribution >= 4 is 17.6 Å². The molecule has 2 bridgehead atoms. The van der Waals surface area contributed by atoms with Crippen LogP contribution in [0.2, 0.25) is 0 Å². The van der Waals surface area contributed by atoms with E-state index in [1.165, 1.54) is 24.8 Å². The van der Waals surface area contributed by atoms with Gasteiger partial charge in [0.25, 0.3) is 0 Å². The summed E-state index contributed by atoms with van der Waals surface area (Å²) in [6, 6.07) is 7.96. The topological polar surface area (TPSA) is 69.6 Å². The van der Waals surface area contributed by atoms with Gasteiger partial charge in [0.1, 0.15) is 0 Å². The van der Waals surface area contributed by atoms with Crippen LogP contribution in [-0.2, 0) is 16.1 Å². The number of amides is 1. The number of carboxylic acid groups (broad SMARTS) is 1. The Morgan fingerprint density at radius 2 is 1.65 bits per heavy atom. The molecular formula is C21H26N2O3. The number of benzene rings is 1. The molecule has 1 saturated heterocycles.